The molecule has 0 radical (unpaired) electrons. The van der Waals surface area contributed by atoms with Crippen LogP contribution < -0.4 is 0 Å². The fourth-order valence-corrected chi connectivity index (χ4v) is 3.38. The summed E-state index contributed by atoms with van der Waals surface area (Å²) < 4.78 is 11.3. The third kappa shape index (κ3) is 3.04. The van der Waals surface area contributed by atoms with Crippen LogP contribution in [0.3, 0.4) is 0 Å². The fraction of sp³-hybridized carbons (Fsp3) is 0.588. The predicted molar refractivity (Wildman–Crippen MR) is 76.1 cm³/mol. The van der Waals surface area contributed by atoms with E-state index in [-0.39, 0.29) is 17.5 Å². The van der Waals surface area contributed by atoms with Gasteiger partial charge in [-0.3, -0.25) is 4.79 Å². The summed E-state index contributed by atoms with van der Waals surface area (Å²) in [5.74, 6) is 0.0234. The lowest BCUT2D eigenvalue weighted by Gasteiger charge is -2.35. The summed E-state index contributed by atoms with van der Waals surface area (Å²) in [6.07, 6.45) is 6.18. The first kappa shape index (κ1) is 13.6. The number of hydrogen-bond donors (Lipinski definition) is 0. The molecule has 1 aromatic carbocycles. The maximum atomic E-state index is 12.1. The van der Waals surface area contributed by atoms with E-state index in [0.717, 1.165) is 37.9 Å². The summed E-state index contributed by atoms with van der Waals surface area (Å²) >= 11 is 0. The second-order valence-electron chi connectivity index (χ2n) is 6.00. The van der Waals surface area contributed by atoms with Crippen LogP contribution >= 0.6 is 0 Å². The molecule has 0 bridgehead atoms. The predicted octanol–water partition coefficient (Wildman–Crippen LogP) is 3.47. The Morgan fingerprint density at radius 2 is 1.95 bits per heavy atom. The lowest BCUT2D eigenvalue weighted by Crippen LogP contribution is -2.35. The molecule has 0 unspecified atom stereocenters. The van der Waals surface area contributed by atoms with Crippen LogP contribution in [0.25, 0.3) is 0 Å². The summed E-state index contributed by atoms with van der Waals surface area (Å²) in [4.78, 5) is 12.1. The Labute approximate surface area is 120 Å². The molecule has 1 saturated carbocycles. The molecule has 3 nitrogen and oxygen atoms in total. The van der Waals surface area contributed by atoms with Crippen LogP contribution in [0.4, 0.5) is 0 Å². The Morgan fingerprint density at radius 3 is 2.60 bits per heavy atom. The van der Waals surface area contributed by atoms with Crippen molar-refractivity contribution in [3.8, 4) is 0 Å². The summed E-state index contributed by atoms with van der Waals surface area (Å²) in [5.41, 5.74) is 1.14. The molecule has 2 fully saturated rings. The van der Waals surface area contributed by atoms with Crippen molar-refractivity contribution in [1.29, 1.82) is 0 Å². The number of carbonyl (C=O) groups excluding carboxylic acids is 1. The second kappa shape index (κ2) is 5.96. The van der Waals surface area contributed by atoms with Gasteiger partial charge >= 0.3 is 5.97 Å². The molecule has 3 rings (SSSR count). The average Bonchev–Trinajstić information content (AvgIpc) is 2.95. The minimum absolute atomic E-state index is 0.0401. The van der Waals surface area contributed by atoms with Crippen LogP contribution in [-0.4, -0.2) is 18.2 Å². The summed E-state index contributed by atoms with van der Waals surface area (Å²) in [5, 5.41) is 0. The molecule has 0 amide bonds. The number of carbonyl (C=O) groups is 1. The number of hydrogen-bond acceptors (Lipinski definition) is 3. The zero-order chi connectivity index (χ0) is 13.8. The third-order valence-corrected chi connectivity index (χ3v) is 4.64. The van der Waals surface area contributed by atoms with Crippen LogP contribution in [0.15, 0.2) is 30.3 Å². The Bertz CT molecular complexity index is 439. The monoisotopic (exact) mass is 274 g/mol. The van der Waals surface area contributed by atoms with Crippen LogP contribution in [0.1, 0.15) is 44.1 Å². The highest BCUT2D eigenvalue weighted by molar-refractivity contribution is 5.72. The molecule has 1 aliphatic carbocycles. The van der Waals surface area contributed by atoms with E-state index >= 15 is 0 Å². The maximum absolute atomic E-state index is 12.1. The lowest BCUT2D eigenvalue weighted by atomic mass is 9.77. The van der Waals surface area contributed by atoms with Crippen LogP contribution in [-0.2, 0) is 20.9 Å². The molecule has 1 heterocycles. The second-order valence-corrected chi connectivity index (χ2v) is 6.00. The van der Waals surface area contributed by atoms with Crippen molar-refractivity contribution in [2.45, 2.75) is 50.7 Å². The quantitative estimate of drug-likeness (QED) is 0.792. The van der Waals surface area contributed by atoms with Crippen LogP contribution in [0.5, 0.6) is 0 Å². The van der Waals surface area contributed by atoms with E-state index in [9.17, 15) is 4.79 Å². The first-order valence-corrected chi connectivity index (χ1v) is 7.62. The highest BCUT2D eigenvalue weighted by Gasteiger charge is 2.40. The first-order valence-electron chi connectivity index (χ1n) is 7.62. The van der Waals surface area contributed by atoms with Gasteiger partial charge in [0, 0.05) is 6.61 Å². The van der Waals surface area contributed by atoms with Crippen molar-refractivity contribution in [2.24, 2.45) is 5.92 Å². The van der Waals surface area contributed by atoms with Crippen molar-refractivity contribution in [3.05, 3.63) is 35.9 Å². The molecule has 3 heteroatoms. The van der Waals surface area contributed by atoms with Crippen molar-refractivity contribution in [1.82, 2.24) is 0 Å². The van der Waals surface area contributed by atoms with Gasteiger partial charge in [-0.1, -0.05) is 30.3 Å². The van der Waals surface area contributed by atoms with E-state index < -0.39 is 0 Å². The highest BCUT2D eigenvalue weighted by Crippen LogP contribution is 2.41. The van der Waals surface area contributed by atoms with Crippen molar-refractivity contribution < 1.29 is 14.3 Å². The maximum Gasteiger partial charge on any atom is 0.309 e. The molecule has 1 saturated heterocycles. The van der Waals surface area contributed by atoms with E-state index in [1.54, 1.807) is 0 Å². The Morgan fingerprint density at radius 1 is 1.20 bits per heavy atom. The molecule has 2 aliphatic rings. The molecule has 1 spiro atoms. The number of ether oxygens (including phenoxy) is 2. The molecular formula is C17H22O3. The normalized spacial score (nSPS) is 29.5. The van der Waals surface area contributed by atoms with E-state index in [2.05, 4.69) is 0 Å². The van der Waals surface area contributed by atoms with E-state index in [0.29, 0.717) is 6.61 Å². The van der Waals surface area contributed by atoms with Crippen LogP contribution in [0.2, 0.25) is 0 Å². The molecular weight excluding hydrogens is 252 g/mol. The molecule has 0 aromatic heterocycles. The van der Waals surface area contributed by atoms with Gasteiger partial charge in [0.25, 0.3) is 0 Å². The molecule has 0 N–H and O–H groups in total. The van der Waals surface area contributed by atoms with E-state index in [1.165, 1.54) is 12.8 Å². The van der Waals surface area contributed by atoms with Gasteiger partial charge in [0.1, 0.15) is 6.61 Å². The molecule has 1 aliphatic heterocycles. The van der Waals surface area contributed by atoms with Gasteiger partial charge < -0.3 is 9.47 Å². The number of benzene rings is 1. The minimum Gasteiger partial charge on any atom is -0.461 e. The zero-order valence-electron chi connectivity index (χ0n) is 11.8. The highest BCUT2D eigenvalue weighted by atomic mass is 16.5. The molecule has 20 heavy (non-hydrogen) atoms. The number of rotatable bonds is 3. The van der Waals surface area contributed by atoms with E-state index in [1.807, 2.05) is 30.3 Å². The van der Waals surface area contributed by atoms with E-state index in [4.69, 9.17) is 9.47 Å². The molecule has 108 valence electrons. The Kier molecular flexibility index (Phi) is 4.06. The Balaban J connectivity index is 1.47. The standard InChI is InChI=1S/C17H22O3/c18-16(19-13-14-5-2-1-3-6-14)15-7-10-17(11-8-15)9-4-12-20-17/h1-3,5-6,15H,4,7-13H2. The van der Waals surface area contributed by atoms with Crippen molar-refractivity contribution in [2.75, 3.05) is 6.61 Å². The SMILES string of the molecule is O=C(OCc1ccccc1)C1CCC2(CCCO2)CC1. The molecule has 0 atom stereocenters. The fourth-order valence-electron chi connectivity index (χ4n) is 3.38. The van der Waals surface area contributed by atoms with Crippen molar-refractivity contribution >= 4 is 5.97 Å². The topological polar surface area (TPSA) is 35.5 Å². The van der Waals surface area contributed by atoms with Gasteiger partial charge in [-0.05, 0) is 44.1 Å². The van der Waals surface area contributed by atoms with Gasteiger partial charge in [0.05, 0.1) is 11.5 Å². The Hall–Kier alpha value is -1.35. The van der Waals surface area contributed by atoms with Gasteiger partial charge in [-0.15, -0.1) is 0 Å². The summed E-state index contributed by atoms with van der Waals surface area (Å²) in [7, 11) is 0. The molecule has 1 aromatic rings. The third-order valence-electron chi connectivity index (χ3n) is 4.64. The summed E-state index contributed by atoms with van der Waals surface area (Å²) in [6, 6.07) is 9.86. The van der Waals surface area contributed by atoms with Crippen LogP contribution in [0, 0.1) is 5.92 Å². The zero-order valence-corrected chi connectivity index (χ0v) is 11.8. The summed E-state index contributed by atoms with van der Waals surface area (Å²) in [6.45, 7) is 1.28. The first-order chi connectivity index (χ1) is 9.77. The average molecular weight is 274 g/mol. The van der Waals surface area contributed by atoms with Gasteiger partial charge in [-0.25, -0.2) is 0 Å². The smallest absolute Gasteiger partial charge is 0.309 e. The van der Waals surface area contributed by atoms with Crippen molar-refractivity contribution in [3.63, 3.8) is 0 Å². The minimum atomic E-state index is -0.0401. The number of esters is 1. The largest absolute Gasteiger partial charge is 0.461 e. The van der Waals surface area contributed by atoms with Gasteiger partial charge in [0.15, 0.2) is 0 Å². The van der Waals surface area contributed by atoms with Gasteiger partial charge in [0.2, 0.25) is 0 Å². The lowest BCUT2D eigenvalue weighted by molar-refractivity contribution is -0.153. The van der Waals surface area contributed by atoms with Gasteiger partial charge in [-0.2, -0.15) is 0 Å².